The third kappa shape index (κ3) is 4.37. The molecule has 2 amide bonds. The van der Waals surface area contributed by atoms with E-state index in [0.29, 0.717) is 42.1 Å². The maximum Gasteiger partial charge on any atom is 0.253 e. The highest BCUT2D eigenvalue weighted by Gasteiger charge is 2.25. The molecule has 0 spiro atoms. The van der Waals surface area contributed by atoms with Gasteiger partial charge >= 0.3 is 0 Å². The summed E-state index contributed by atoms with van der Waals surface area (Å²) < 4.78 is 12.9. The van der Waals surface area contributed by atoms with Crippen molar-refractivity contribution in [3.8, 4) is 0 Å². The molecule has 1 aliphatic heterocycles. The van der Waals surface area contributed by atoms with Crippen LogP contribution in [0, 0.1) is 5.82 Å². The summed E-state index contributed by atoms with van der Waals surface area (Å²) in [5.74, 6) is -0.644. The van der Waals surface area contributed by atoms with Crippen molar-refractivity contribution in [2.45, 2.75) is 18.9 Å². The first-order chi connectivity index (χ1) is 12.0. The highest BCUT2D eigenvalue weighted by Crippen LogP contribution is 2.17. The van der Waals surface area contributed by atoms with Crippen LogP contribution in [0.2, 0.25) is 5.02 Å². The summed E-state index contributed by atoms with van der Waals surface area (Å²) in [6.45, 7) is 1.14. The Kier molecular flexibility index (Phi) is 5.34. The molecule has 0 atom stereocenters. The Balaban J connectivity index is 1.54. The second kappa shape index (κ2) is 7.66. The molecule has 0 aromatic heterocycles. The zero-order chi connectivity index (χ0) is 17.8. The molecule has 2 aromatic rings. The number of halogens is 2. The number of likely N-dealkylation sites (tertiary alicyclic amines) is 1. The summed E-state index contributed by atoms with van der Waals surface area (Å²) in [6.07, 6.45) is 1.36. The van der Waals surface area contributed by atoms with Gasteiger partial charge in [0.2, 0.25) is 0 Å². The van der Waals surface area contributed by atoms with Crippen molar-refractivity contribution in [1.29, 1.82) is 0 Å². The minimum Gasteiger partial charge on any atom is -0.349 e. The summed E-state index contributed by atoms with van der Waals surface area (Å²) in [5.41, 5.74) is 1.00. The minimum absolute atomic E-state index is 0.000893. The fourth-order valence-electron chi connectivity index (χ4n) is 2.90. The van der Waals surface area contributed by atoms with Crippen LogP contribution in [0.1, 0.15) is 33.6 Å². The van der Waals surface area contributed by atoms with Gasteiger partial charge < -0.3 is 10.2 Å². The van der Waals surface area contributed by atoms with Crippen LogP contribution in [-0.4, -0.2) is 35.8 Å². The second-order valence-corrected chi connectivity index (χ2v) is 6.49. The van der Waals surface area contributed by atoms with E-state index in [1.165, 1.54) is 24.3 Å². The van der Waals surface area contributed by atoms with E-state index in [1.807, 2.05) is 0 Å². The van der Waals surface area contributed by atoms with Crippen molar-refractivity contribution in [2.24, 2.45) is 0 Å². The molecule has 2 aromatic carbocycles. The lowest BCUT2D eigenvalue weighted by molar-refractivity contribution is 0.0698. The van der Waals surface area contributed by atoms with E-state index in [4.69, 9.17) is 11.6 Å². The Morgan fingerprint density at radius 1 is 1.04 bits per heavy atom. The molecule has 130 valence electrons. The van der Waals surface area contributed by atoms with E-state index >= 15 is 0 Å². The van der Waals surface area contributed by atoms with Gasteiger partial charge in [-0.25, -0.2) is 4.39 Å². The smallest absolute Gasteiger partial charge is 0.253 e. The zero-order valence-electron chi connectivity index (χ0n) is 13.5. The minimum atomic E-state index is -0.371. The molecule has 1 saturated heterocycles. The Morgan fingerprint density at radius 2 is 1.72 bits per heavy atom. The Morgan fingerprint density at radius 3 is 2.36 bits per heavy atom. The monoisotopic (exact) mass is 360 g/mol. The first-order valence-electron chi connectivity index (χ1n) is 8.14. The van der Waals surface area contributed by atoms with Gasteiger partial charge in [-0.3, -0.25) is 9.59 Å². The SMILES string of the molecule is O=C(NC1CCN(C(=O)c2cccc(Cl)c2)CC1)c1ccc(F)cc1. The van der Waals surface area contributed by atoms with E-state index in [0.717, 1.165) is 0 Å². The molecule has 0 unspecified atom stereocenters. The van der Waals surface area contributed by atoms with E-state index < -0.39 is 0 Å². The normalized spacial score (nSPS) is 15.0. The summed E-state index contributed by atoms with van der Waals surface area (Å²) in [6, 6.07) is 12.3. The number of carbonyl (C=O) groups is 2. The fraction of sp³-hybridized carbons (Fsp3) is 0.263. The molecule has 3 rings (SSSR count). The van der Waals surface area contributed by atoms with Crippen molar-refractivity contribution in [1.82, 2.24) is 10.2 Å². The molecule has 6 heteroatoms. The van der Waals surface area contributed by atoms with Gasteiger partial charge in [0.25, 0.3) is 11.8 Å². The predicted octanol–water partition coefficient (Wildman–Crippen LogP) is 3.51. The summed E-state index contributed by atoms with van der Waals surface area (Å²) >= 11 is 5.93. The molecular weight excluding hydrogens is 343 g/mol. The number of nitrogens with one attached hydrogen (secondary N) is 1. The third-order valence-corrected chi connectivity index (χ3v) is 4.53. The van der Waals surface area contributed by atoms with Crippen LogP contribution < -0.4 is 5.32 Å². The average Bonchev–Trinajstić information content (AvgIpc) is 2.62. The standard InChI is InChI=1S/C19H18ClFN2O2/c20-15-3-1-2-14(12-15)19(25)23-10-8-17(9-11-23)22-18(24)13-4-6-16(21)7-5-13/h1-7,12,17H,8-11H2,(H,22,24). The molecule has 1 fully saturated rings. The van der Waals surface area contributed by atoms with Gasteiger partial charge in [-0.05, 0) is 55.3 Å². The van der Waals surface area contributed by atoms with Crippen LogP contribution in [0.25, 0.3) is 0 Å². The van der Waals surface area contributed by atoms with Crippen LogP contribution in [0.4, 0.5) is 4.39 Å². The topological polar surface area (TPSA) is 49.4 Å². The van der Waals surface area contributed by atoms with Gasteiger partial charge in [0.15, 0.2) is 0 Å². The quantitative estimate of drug-likeness (QED) is 0.910. The molecule has 0 aliphatic carbocycles. The van der Waals surface area contributed by atoms with Gasteiger partial charge in [-0.15, -0.1) is 0 Å². The maximum absolute atomic E-state index is 12.9. The van der Waals surface area contributed by atoms with Gasteiger partial charge in [-0.1, -0.05) is 17.7 Å². The summed E-state index contributed by atoms with van der Waals surface area (Å²) in [4.78, 5) is 26.4. The van der Waals surface area contributed by atoms with E-state index in [-0.39, 0.29) is 23.7 Å². The maximum atomic E-state index is 12.9. The van der Waals surface area contributed by atoms with Crippen molar-refractivity contribution in [3.05, 3.63) is 70.5 Å². The number of rotatable bonds is 3. The van der Waals surface area contributed by atoms with Crippen molar-refractivity contribution >= 4 is 23.4 Å². The molecular formula is C19H18ClFN2O2. The fourth-order valence-corrected chi connectivity index (χ4v) is 3.09. The third-order valence-electron chi connectivity index (χ3n) is 4.30. The predicted molar refractivity (Wildman–Crippen MR) is 94.2 cm³/mol. The Hall–Kier alpha value is -2.40. The molecule has 0 bridgehead atoms. The van der Waals surface area contributed by atoms with Crippen LogP contribution in [0.15, 0.2) is 48.5 Å². The number of nitrogens with zero attached hydrogens (tertiary/aromatic N) is 1. The first kappa shape index (κ1) is 17.4. The van der Waals surface area contributed by atoms with Gasteiger partial charge in [0.05, 0.1) is 0 Å². The molecule has 4 nitrogen and oxygen atoms in total. The van der Waals surface area contributed by atoms with Crippen LogP contribution in [-0.2, 0) is 0 Å². The van der Waals surface area contributed by atoms with E-state index in [9.17, 15) is 14.0 Å². The largest absolute Gasteiger partial charge is 0.349 e. The van der Waals surface area contributed by atoms with Gasteiger partial charge in [0.1, 0.15) is 5.82 Å². The lowest BCUT2D eigenvalue weighted by atomic mass is 10.0. The van der Waals surface area contributed by atoms with Crippen LogP contribution in [0.5, 0.6) is 0 Å². The number of benzene rings is 2. The number of hydrogen-bond acceptors (Lipinski definition) is 2. The highest BCUT2D eigenvalue weighted by atomic mass is 35.5. The number of carbonyl (C=O) groups excluding carboxylic acids is 2. The molecule has 1 heterocycles. The highest BCUT2D eigenvalue weighted by molar-refractivity contribution is 6.30. The van der Waals surface area contributed by atoms with Gasteiger partial charge in [0, 0.05) is 35.3 Å². The van der Waals surface area contributed by atoms with Crippen LogP contribution in [0.3, 0.4) is 0 Å². The lowest BCUT2D eigenvalue weighted by Gasteiger charge is -2.32. The Bertz CT molecular complexity index is 771. The zero-order valence-corrected chi connectivity index (χ0v) is 14.3. The summed E-state index contributed by atoms with van der Waals surface area (Å²) in [7, 11) is 0. The van der Waals surface area contributed by atoms with E-state index in [2.05, 4.69) is 5.32 Å². The van der Waals surface area contributed by atoms with Crippen molar-refractivity contribution in [2.75, 3.05) is 13.1 Å². The van der Waals surface area contributed by atoms with E-state index in [1.54, 1.807) is 29.2 Å². The lowest BCUT2D eigenvalue weighted by Crippen LogP contribution is -2.46. The van der Waals surface area contributed by atoms with Crippen molar-refractivity contribution < 1.29 is 14.0 Å². The average molecular weight is 361 g/mol. The van der Waals surface area contributed by atoms with Gasteiger partial charge in [-0.2, -0.15) is 0 Å². The Labute approximate surface area is 150 Å². The number of amides is 2. The summed E-state index contributed by atoms with van der Waals surface area (Å²) in [5, 5.41) is 3.48. The van der Waals surface area contributed by atoms with Crippen molar-refractivity contribution in [3.63, 3.8) is 0 Å². The number of piperidine rings is 1. The number of hydrogen-bond donors (Lipinski definition) is 1. The first-order valence-corrected chi connectivity index (χ1v) is 8.52. The second-order valence-electron chi connectivity index (χ2n) is 6.06. The van der Waals surface area contributed by atoms with Crippen LogP contribution >= 0.6 is 11.6 Å². The molecule has 0 saturated carbocycles. The molecule has 25 heavy (non-hydrogen) atoms. The molecule has 1 N–H and O–H groups in total. The molecule has 0 radical (unpaired) electrons. The molecule has 1 aliphatic rings.